The first kappa shape index (κ1) is 15.3. The molecular weight excluding hydrogens is 312 g/mol. The number of carbonyl (C=O) groups is 1. The molecule has 1 aromatic heterocycles. The van der Waals surface area contributed by atoms with Gasteiger partial charge in [-0.2, -0.15) is 0 Å². The molecule has 0 spiro atoms. The number of benzene rings is 2. The summed E-state index contributed by atoms with van der Waals surface area (Å²) in [5.41, 5.74) is 1.83. The second kappa shape index (κ2) is 6.67. The van der Waals surface area contributed by atoms with Crippen molar-refractivity contribution in [1.29, 1.82) is 0 Å². The van der Waals surface area contributed by atoms with Crippen LogP contribution in [0.2, 0.25) is 5.02 Å². The fraction of sp³-hybridized carbons (Fsp3) is 0.111. The maximum absolute atomic E-state index is 11.4. The molecule has 0 saturated heterocycles. The van der Waals surface area contributed by atoms with E-state index in [2.05, 4.69) is 15.0 Å². The second-order valence-electron chi connectivity index (χ2n) is 5.02. The van der Waals surface area contributed by atoms with Gasteiger partial charge in [0.05, 0.1) is 12.8 Å². The van der Waals surface area contributed by atoms with Gasteiger partial charge in [-0.1, -0.05) is 48.0 Å². The van der Waals surface area contributed by atoms with Crippen molar-refractivity contribution in [2.24, 2.45) is 0 Å². The van der Waals surface area contributed by atoms with Crippen LogP contribution in [0.1, 0.15) is 0 Å². The van der Waals surface area contributed by atoms with Gasteiger partial charge in [-0.15, -0.1) is 0 Å². The molecule has 0 atom stereocenters. The number of anilines is 1. The minimum absolute atomic E-state index is 0.0450. The van der Waals surface area contributed by atoms with E-state index in [9.17, 15) is 4.79 Å². The zero-order valence-electron chi connectivity index (χ0n) is 12.5. The summed E-state index contributed by atoms with van der Waals surface area (Å²) in [6.45, 7) is 0.0450. The molecule has 0 saturated carbocycles. The van der Waals surface area contributed by atoms with Crippen LogP contribution >= 0.6 is 11.6 Å². The van der Waals surface area contributed by atoms with Gasteiger partial charge >= 0.3 is 5.97 Å². The van der Waals surface area contributed by atoms with E-state index >= 15 is 0 Å². The molecule has 0 fully saturated rings. The molecule has 0 aliphatic heterocycles. The molecule has 5 heteroatoms. The molecular formula is C18H15ClN2O2. The minimum atomic E-state index is -0.355. The number of nitrogens with one attached hydrogen (secondary N) is 1. The number of methoxy groups -OCH3 is 1. The van der Waals surface area contributed by atoms with Crippen molar-refractivity contribution in [3.05, 3.63) is 59.6 Å². The molecule has 3 rings (SSSR count). The van der Waals surface area contributed by atoms with Crippen molar-refractivity contribution < 1.29 is 9.53 Å². The Balaban J connectivity index is 2.10. The molecule has 1 N–H and O–H groups in total. The summed E-state index contributed by atoms with van der Waals surface area (Å²) in [5, 5.41) is 5.51. The van der Waals surface area contributed by atoms with Gasteiger partial charge in [0.1, 0.15) is 12.4 Å². The summed E-state index contributed by atoms with van der Waals surface area (Å²) < 4.78 is 4.67. The largest absolute Gasteiger partial charge is 0.468 e. The zero-order valence-corrected chi connectivity index (χ0v) is 13.3. The number of pyridine rings is 1. The monoisotopic (exact) mass is 326 g/mol. The number of halogens is 1. The average Bonchev–Trinajstić information content (AvgIpc) is 2.60. The van der Waals surface area contributed by atoms with E-state index in [4.69, 9.17) is 11.6 Å². The third-order valence-corrected chi connectivity index (χ3v) is 3.73. The van der Waals surface area contributed by atoms with E-state index in [1.807, 2.05) is 54.6 Å². The van der Waals surface area contributed by atoms with Crippen molar-refractivity contribution in [2.75, 3.05) is 19.0 Å². The Kier molecular flexibility index (Phi) is 4.44. The smallest absolute Gasteiger partial charge is 0.325 e. The molecule has 0 amide bonds. The third kappa shape index (κ3) is 3.43. The second-order valence-corrected chi connectivity index (χ2v) is 5.45. The lowest BCUT2D eigenvalue weighted by molar-refractivity contribution is -0.138. The van der Waals surface area contributed by atoms with Gasteiger partial charge in [-0.3, -0.25) is 4.79 Å². The Bertz CT molecular complexity index is 850. The SMILES string of the molecule is COC(=O)CNc1nc(-c2ccccc2)cc2ccc(Cl)cc12. The van der Waals surface area contributed by atoms with E-state index in [0.717, 1.165) is 22.0 Å². The van der Waals surface area contributed by atoms with E-state index in [1.54, 1.807) is 0 Å². The summed E-state index contributed by atoms with van der Waals surface area (Å²) in [4.78, 5) is 16.0. The summed E-state index contributed by atoms with van der Waals surface area (Å²) in [6, 6.07) is 17.5. The average molecular weight is 327 g/mol. The number of esters is 1. The number of ether oxygens (including phenoxy) is 1. The first-order chi connectivity index (χ1) is 11.2. The first-order valence-electron chi connectivity index (χ1n) is 7.14. The molecule has 2 aromatic carbocycles. The van der Waals surface area contributed by atoms with Crippen molar-refractivity contribution in [3.63, 3.8) is 0 Å². The fourth-order valence-electron chi connectivity index (χ4n) is 2.34. The highest BCUT2D eigenvalue weighted by Gasteiger charge is 2.10. The Morgan fingerprint density at radius 3 is 2.70 bits per heavy atom. The van der Waals surface area contributed by atoms with Gasteiger partial charge in [-0.05, 0) is 23.6 Å². The van der Waals surface area contributed by atoms with Gasteiger partial charge in [0.2, 0.25) is 0 Å². The highest BCUT2D eigenvalue weighted by atomic mass is 35.5. The molecule has 3 aromatic rings. The van der Waals surface area contributed by atoms with Gasteiger partial charge < -0.3 is 10.1 Å². The minimum Gasteiger partial charge on any atom is -0.468 e. The molecule has 0 aliphatic rings. The molecule has 4 nitrogen and oxygen atoms in total. The number of aromatic nitrogens is 1. The highest BCUT2D eigenvalue weighted by Crippen LogP contribution is 2.29. The Labute approximate surface area is 139 Å². The lowest BCUT2D eigenvalue weighted by Gasteiger charge is -2.11. The quantitative estimate of drug-likeness (QED) is 0.732. The van der Waals surface area contributed by atoms with Crippen molar-refractivity contribution >= 4 is 34.2 Å². The van der Waals surface area contributed by atoms with E-state index < -0.39 is 0 Å². The topological polar surface area (TPSA) is 51.2 Å². The standard InChI is InChI=1S/C18H15ClN2O2/c1-23-17(22)11-20-18-15-10-14(19)8-7-13(15)9-16(21-18)12-5-3-2-4-6-12/h2-10H,11H2,1H3,(H,20,21). The van der Waals surface area contributed by atoms with Crippen LogP contribution in [0.15, 0.2) is 54.6 Å². The van der Waals surface area contributed by atoms with Gasteiger partial charge in [0, 0.05) is 16.0 Å². The predicted octanol–water partition coefficient (Wildman–Crippen LogP) is 4.14. The van der Waals surface area contributed by atoms with Crippen LogP contribution in [-0.4, -0.2) is 24.6 Å². The number of carbonyl (C=O) groups excluding carboxylic acids is 1. The van der Waals surface area contributed by atoms with Crippen molar-refractivity contribution in [3.8, 4) is 11.3 Å². The normalized spacial score (nSPS) is 10.5. The van der Waals surface area contributed by atoms with Crippen molar-refractivity contribution in [2.45, 2.75) is 0 Å². The number of hydrogen-bond acceptors (Lipinski definition) is 4. The molecule has 0 aliphatic carbocycles. The molecule has 0 unspecified atom stereocenters. The van der Waals surface area contributed by atoms with E-state index in [-0.39, 0.29) is 12.5 Å². The predicted molar refractivity (Wildman–Crippen MR) is 92.7 cm³/mol. The number of rotatable bonds is 4. The fourth-order valence-corrected chi connectivity index (χ4v) is 2.51. The zero-order chi connectivity index (χ0) is 16.2. The maximum Gasteiger partial charge on any atom is 0.325 e. The van der Waals surface area contributed by atoms with Crippen LogP contribution in [-0.2, 0) is 9.53 Å². The molecule has 23 heavy (non-hydrogen) atoms. The van der Waals surface area contributed by atoms with Crippen LogP contribution < -0.4 is 5.32 Å². The van der Waals surface area contributed by atoms with Crippen LogP contribution in [0, 0.1) is 0 Å². The van der Waals surface area contributed by atoms with E-state index in [1.165, 1.54) is 7.11 Å². The van der Waals surface area contributed by atoms with Crippen molar-refractivity contribution in [1.82, 2.24) is 4.98 Å². The third-order valence-electron chi connectivity index (χ3n) is 3.49. The molecule has 1 heterocycles. The number of fused-ring (bicyclic) bond motifs is 1. The molecule has 0 radical (unpaired) electrons. The number of nitrogens with zero attached hydrogens (tertiary/aromatic N) is 1. The lowest BCUT2D eigenvalue weighted by Crippen LogP contribution is -2.16. The maximum atomic E-state index is 11.4. The summed E-state index contributed by atoms with van der Waals surface area (Å²) in [6.07, 6.45) is 0. The summed E-state index contributed by atoms with van der Waals surface area (Å²) >= 11 is 6.09. The van der Waals surface area contributed by atoms with Crippen LogP contribution in [0.5, 0.6) is 0 Å². The Morgan fingerprint density at radius 1 is 1.17 bits per heavy atom. The highest BCUT2D eigenvalue weighted by molar-refractivity contribution is 6.31. The van der Waals surface area contributed by atoms with Crippen LogP contribution in [0.4, 0.5) is 5.82 Å². The number of hydrogen-bond donors (Lipinski definition) is 1. The first-order valence-corrected chi connectivity index (χ1v) is 7.51. The van der Waals surface area contributed by atoms with E-state index in [0.29, 0.717) is 10.8 Å². The Hall–Kier alpha value is -2.59. The summed E-state index contributed by atoms with van der Waals surface area (Å²) in [7, 11) is 1.35. The van der Waals surface area contributed by atoms with Crippen LogP contribution in [0.25, 0.3) is 22.0 Å². The molecule has 0 bridgehead atoms. The summed E-state index contributed by atoms with van der Waals surface area (Å²) in [5.74, 6) is 0.251. The van der Waals surface area contributed by atoms with Gasteiger partial charge in [0.25, 0.3) is 0 Å². The molecule has 116 valence electrons. The van der Waals surface area contributed by atoms with Crippen LogP contribution in [0.3, 0.4) is 0 Å². The van der Waals surface area contributed by atoms with Gasteiger partial charge in [-0.25, -0.2) is 4.98 Å². The lowest BCUT2D eigenvalue weighted by atomic mass is 10.1. The Morgan fingerprint density at radius 2 is 1.96 bits per heavy atom. The van der Waals surface area contributed by atoms with Gasteiger partial charge in [0.15, 0.2) is 0 Å².